The predicted molar refractivity (Wildman–Crippen MR) is 111 cm³/mol. The van der Waals surface area contributed by atoms with Gasteiger partial charge in [-0.25, -0.2) is 4.98 Å². The maximum atomic E-state index is 5.45. The maximum Gasteiger partial charge on any atom is 0.231 e. The molecule has 0 spiro atoms. The quantitative estimate of drug-likeness (QED) is 0.622. The number of rotatable bonds is 6. The van der Waals surface area contributed by atoms with Crippen molar-refractivity contribution < 1.29 is 9.47 Å². The van der Waals surface area contributed by atoms with Crippen molar-refractivity contribution >= 4 is 23.1 Å². The number of nitrogens with zero attached hydrogens (tertiary/aromatic N) is 2. The lowest BCUT2D eigenvalue weighted by atomic mass is 10.0. The van der Waals surface area contributed by atoms with Crippen LogP contribution < -0.4 is 20.1 Å². The first-order valence-electron chi connectivity index (χ1n) is 9.56. The smallest absolute Gasteiger partial charge is 0.231 e. The van der Waals surface area contributed by atoms with Crippen LogP contribution in [0, 0.1) is 6.92 Å². The second-order valence-corrected chi connectivity index (χ2v) is 6.69. The van der Waals surface area contributed by atoms with Crippen molar-refractivity contribution in [3.05, 3.63) is 59.3 Å². The third-order valence-electron chi connectivity index (χ3n) is 4.73. The topological polar surface area (TPSA) is 68.3 Å². The Morgan fingerprint density at radius 2 is 1.64 bits per heavy atom. The molecule has 0 bridgehead atoms. The Morgan fingerprint density at radius 3 is 2.39 bits per heavy atom. The molecular weight excluding hydrogens is 352 g/mol. The highest BCUT2D eigenvalue weighted by Gasteiger charge is 2.14. The summed E-state index contributed by atoms with van der Waals surface area (Å²) >= 11 is 0. The standard InChI is InChI=1S/C22H24N4O2/c1-4-15-7-6-8-16(5-2)21(15)26-22-23-14(3)11-20(25-22)24-17-9-10-18-19(12-17)28-13-27-18/h6-12H,4-5,13H2,1-3H3,(H2,23,24,25,26). The van der Waals surface area contributed by atoms with Gasteiger partial charge in [-0.3, -0.25) is 0 Å². The lowest BCUT2D eigenvalue weighted by molar-refractivity contribution is 0.174. The third-order valence-corrected chi connectivity index (χ3v) is 4.73. The van der Waals surface area contributed by atoms with Crippen LogP contribution in [0.3, 0.4) is 0 Å². The zero-order valence-corrected chi connectivity index (χ0v) is 16.4. The summed E-state index contributed by atoms with van der Waals surface area (Å²) in [6.07, 6.45) is 1.90. The molecule has 0 unspecified atom stereocenters. The molecule has 2 aromatic carbocycles. The highest BCUT2D eigenvalue weighted by atomic mass is 16.7. The Labute approximate surface area is 164 Å². The zero-order valence-electron chi connectivity index (χ0n) is 16.4. The largest absolute Gasteiger partial charge is 0.454 e. The molecule has 1 aliphatic rings. The summed E-state index contributed by atoms with van der Waals surface area (Å²) in [5.74, 6) is 2.80. The first-order chi connectivity index (χ1) is 13.7. The van der Waals surface area contributed by atoms with Crippen LogP contribution in [-0.2, 0) is 12.8 Å². The van der Waals surface area contributed by atoms with Crippen LogP contribution in [-0.4, -0.2) is 16.8 Å². The molecule has 28 heavy (non-hydrogen) atoms. The molecule has 2 heterocycles. The Hall–Kier alpha value is -3.28. The predicted octanol–water partition coefficient (Wildman–Crippen LogP) is 5.13. The van der Waals surface area contributed by atoms with Crippen molar-refractivity contribution in [3.63, 3.8) is 0 Å². The van der Waals surface area contributed by atoms with Crippen LogP contribution in [0.2, 0.25) is 0 Å². The van der Waals surface area contributed by atoms with E-state index in [9.17, 15) is 0 Å². The lowest BCUT2D eigenvalue weighted by Crippen LogP contribution is -2.06. The normalized spacial score (nSPS) is 12.1. The number of hydrogen-bond acceptors (Lipinski definition) is 6. The van der Waals surface area contributed by atoms with Gasteiger partial charge in [-0.15, -0.1) is 0 Å². The van der Waals surface area contributed by atoms with Crippen LogP contribution in [0.25, 0.3) is 0 Å². The summed E-state index contributed by atoms with van der Waals surface area (Å²) in [7, 11) is 0. The fourth-order valence-corrected chi connectivity index (χ4v) is 3.33. The van der Waals surface area contributed by atoms with E-state index in [-0.39, 0.29) is 6.79 Å². The van der Waals surface area contributed by atoms with Gasteiger partial charge < -0.3 is 20.1 Å². The fraction of sp³-hybridized carbons (Fsp3) is 0.273. The van der Waals surface area contributed by atoms with Crippen molar-refractivity contribution in [2.24, 2.45) is 0 Å². The average Bonchev–Trinajstić information content (AvgIpc) is 3.15. The Kier molecular flexibility index (Phi) is 5.02. The van der Waals surface area contributed by atoms with Crippen LogP contribution in [0.4, 0.5) is 23.1 Å². The average molecular weight is 376 g/mol. The monoisotopic (exact) mass is 376 g/mol. The Bertz CT molecular complexity index is 982. The van der Waals surface area contributed by atoms with E-state index >= 15 is 0 Å². The van der Waals surface area contributed by atoms with Crippen molar-refractivity contribution in [3.8, 4) is 11.5 Å². The number of aryl methyl sites for hydroxylation is 3. The summed E-state index contributed by atoms with van der Waals surface area (Å²) < 4.78 is 10.8. The van der Waals surface area contributed by atoms with E-state index in [1.807, 2.05) is 31.2 Å². The molecule has 0 saturated carbocycles. The molecule has 0 amide bonds. The van der Waals surface area contributed by atoms with Gasteiger partial charge in [0.1, 0.15) is 5.82 Å². The van der Waals surface area contributed by atoms with E-state index in [2.05, 4.69) is 52.6 Å². The molecular formula is C22H24N4O2. The van der Waals surface area contributed by atoms with Crippen molar-refractivity contribution in [1.82, 2.24) is 9.97 Å². The molecule has 1 aromatic heterocycles. The van der Waals surface area contributed by atoms with Crippen LogP contribution in [0.5, 0.6) is 11.5 Å². The van der Waals surface area contributed by atoms with Gasteiger partial charge in [0.15, 0.2) is 11.5 Å². The molecule has 0 radical (unpaired) electrons. The van der Waals surface area contributed by atoms with E-state index in [1.165, 1.54) is 11.1 Å². The van der Waals surface area contributed by atoms with Gasteiger partial charge in [0.25, 0.3) is 0 Å². The molecule has 144 valence electrons. The second-order valence-electron chi connectivity index (χ2n) is 6.69. The summed E-state index contributed by atoms with van der Waals surface area (Å²) in [6.45, 7) is 6.54. The van der Waals surface area contributed by atoms with Crippen LogP contribution in [0.15, 0.2) is 42.5 Å². The lowest BCUT2D eigenvalue weighted by Gasteiger charge is -2.15. The van der Waals surface area contributed by atoms with Gasteiger partial charge in [0.05, 0.1) is 0 Å². The zero-order chi connectivity index (χ0) is 19.5. The number of para-hydroxylation sites is 1. The van der Waals surface area contributed by atoms with Gasteiger partial charge in [-0.05, 0) is 43.0 Å². The van der Waals surface area contributed by atoms with E-state index in [1.54, 1.807) is 0 Å². The fourth-order valence-electron chi connectivity index (χ4n) is 3.33. The number of benzene rings is 2. The first kappa shape index (κ1) is 18.1. The Balaban J connectivity index is 1.61. The highest BCUT2D eigenvalue weighted by molar-refractivity contribution is 5.66. The van der Waals surface area contributed by atoms with E-state index < -0.39 is 0 Å². The first-order valence-corrected chi connectivity index (χ1v) is 9.56. The van der Waals surface area contributed by atoms with Crippen molar-refractivity contribution in [2.75, 3.05) is 17.4 Å². The molecule has 6 nitrogen and oxygen atoms in total. The number of fused-ring (bicyclic) bond motifs is 1. The molecule has 1 aliphatic heterocycles. The number of hydrogen-bond donors (Lipinski definition) is 2. The molecule has 0 saturated heterocycles. The molecule has 3 aromatic rings. The van der Waals surface area contributed by atoms with Crippen LogP contribution in [0.1, 0.15) is 30.7 Å². The summed E-state index contributed by atoms with van der Waals surface area (Å²) in [6, 6.07) is 14.1. The van der Waals surface area contributed by atoms with Gasteiger partial charge in [0.2, 0.25) is 12.7 Å². The maximum absolute atomic E-state index is 5.45. The van der Waals surface area contributed by atoms with Gasteiger partial charge in [-0.1, -0.05) is 32.0 Å². The minimum atomic E-state index is 0.260. The van der Waals surface area contributed by atoms with Gasteiger partial charge >= 0.3 is 0 Å². The molecule has 0 atom stereocenters. The van der Waals surface area contributed by atoms with Gasteiger partial charge in [-0.2, -0.15) is 4.98 Å². The minimum Gasteiger partial charge on any atom is -0.454 e. The molecule has 0 fully saturated rings. The molecule has 0 aliphatic carbocycles. The minimum absolute atomic E-state index is 0.260. The van der Waals surface area contributed by atoms with Gasteiger partial charge in [0, 0.05) is 29.2 Å². The molecule has 6 heteroatoms. The van der Waals surface area contributed by atoms with E-state index in [4.69, 9.17) is 9.47 Å². The van der Waals surface area contributed by atoms with Crippen molar-refractivity contribution in [1.29, 1.82) is 0 Å². The number of ether oxygens (including phenoxy) is 2. The van der Waals surface area contributed by atoms with E-state index in [0.29, 0.717) is 5.95 Å². The SMILES string of the molecule is CCc1cccc(CC)c1Nc1nc(C)cc(Nc2ccc3c(c2)OCO3)n1. The third kappa shape index (κ3) is 3.71. The van der Waals surface area contributed by atoms with Crippen molar-refractivity contribution in [2.45, 2.75) is 33.6 Å². The molecule has 4 rings (SSSR count). The highest BCUT2D eigenvalue weighted by Crippen LogP contribution is 2.35. The summed E-state index contributed by atoms with van der Waals surface area (Å²) in [5.41, 5.74) is 5.39. The Morgan fingerprint density at radius 1 is 0.893 bits per heavy atom. The molecule has 2 N–H and O–H groups in total. The summed E-state index contributed by atoms with van der Waals surface area (Å²) in [5, 5.41) is 6.78. The van der Waals surface area contributed by atoms with Crippen LogP contribution >= 0.6 is 0 Å². The van der Waals surface area contributed by atoms with E-state index in [0.717, 1.165) is 47.2 Å². The number of anilines is 4. The summed E-state index contributed by atoms with van der Waals surface area (Å²) in [4.78, 5) is 9.24. The number of nitrogens with one attached hydrogen (secondary N) is 2. The second kappa shape index (κ2) is 7.76. The number of aromatic nitrogens is 2.